The van der Waals surface area contributed by atoms with Crippen molar-refractivity contribution in [2.24, 2.45) is 11.7 Å². The van der Waals surface area contributed by atoms with Crippen LogP contribution in [0.4, 0.5) is 0 Å². The lowest BCUT2D eigenvalue weighted by molar-refractivity contribution is -0.127. The van der Waals surface area contributed by atoms with Crippen LogP contribution in [0.15, 0.2) is 16.8 Å². The summed E-state index contributed by atoms with van der Waals surface area (Å²) < 4.78 is 0. The van der Waals surface area contributed by atoms with Crippen molar-refractivity contribution in [1.82, 2.24) is 4.90 Å². The molecule has 82 valence electrons. The van der Waals surface area contributed by atoms with E-state index in [-0.39, 0.29) is 5.91 Å². The second-order valence-electron chi connectivity index (χ2n) is 4.03. The summed E-state index contributed by atoms with van der Waals surface area (Å²) in [5.41, 5.74) is 6.89. The highest BCUT2D eigenvalue weighted by molar-refractivity contribution is 7.07. The molecule has 3 nitrogen and oxygen atoms in total. The van der Waals surface area contributed by atoms with Crippen molar-refractivity contribution in [1.29, 1.82) is 0 Å². The smallest absolute Gasteiger partial charge is 0.222 e. The topological polar surface area (TPSA) is 46.3 Å². The van der Waals surface area contributed by atoms with Crippen LogP contribution in [0.2, 0.25) is 0 Å². The molecule has 0 bridgehead atoms. The van der Waals surface area contributed by atoms with Gasteiger partial charge in [-0.1, -0.05) is 0 Å². The predicted molar refractivity (Wildman–Crippen MR) is 61.8 cm³/mol. The molecule has 1 fully saturated rings. The van der Waals surface area contributed by atoms with E-state index in [2.05, 4.69) is 16.8 Å². The summed E-state index contributed by atoms with van der Waals surface area (Å²) in [6.45, 7) is 2.31. The number of thiophene rings is 1. The predicted octanol–water partition coefficient (Wildman–Crippen LogP) is 1.10. The molecule has 2 rings (SSSR count). The highest BCUT2D eigenvalue weighted by Crippen LogP contribution is 2.17. The van der Waals surface area contributed by atoms with Crippen LogP contribution in [0, 0.1) is 5.92 Å². The lowest BCUT2D eigenvalue weighted by Gasteiger charge is -2.15. The molecule has 1 aliphatic heterocycles. The van der Waals surface area contributed by atoms with E-state index in [1.54, 1.807) is 11.3 Å². The second kappa shape index (κ2) is 4.77. The van der Waals surface area contributed by atoms with Crippen LogP contribution < -0.4 is 5.73 Å². The number of amides is 1. The summed E-state index contributed by atoms with van der Waals surface area (Å²) >= 11 is 1.70. The van der Waals surface area contributed by atoms with Crippen LogP contribution in [0.5, 0.6) is 0 Å². The van der Waals surface area contributed by atoms with E-state index in [1.807, 2.05) is 4.90 Å². The van der Waals surface area contributed by atoms with Gasteiger partial charge in [0.15, 0.2) is 0 Å². The Hall–Kier alpha value is -0.870. The molecule has 1 unspecified atom stereocenters. The number of hydrogen-bond acceptors (Lipinski definition) is 3. The average molecular weight is 224 g/mol. The standard InChI is InChI=1S/C11H16N2OS/c12-6-10-5-11(14)13(7-10)3-1-9-2-4-15-8-9/h2,4,8,10H,1,3,5-7,12H2. The van der Waals surface area contributed by atoms with E-state index < -0.39 is 0 Å². The molecule has 2 N–H and O–H groups in total. The molecule has 0 aliphatic carbocycles. The molecular formula is C11H16N2OS. The summed E-state index contributed by atoms with van der Waals surface area (Å²) in [5, 5.41) is 4.21. The fraction of sp³-hybridized carbons (Fsp3) is 0.545. The zero-order chi connectivity index (χ0) is 10.7. The van der Waals surface area contributed by atoms with E-state index in [4.69, 9.17) is 5.73 Å². The van der Waals surface area contributed by atoms with E-state index in [9.17, 15) is 4.79 Å². The van der Waals surface area contributed by atoms with Gasteiger partial charge in [0.2, 0.25) is 5.91 Å². The number of rotatable bonds is 4. The zero-order valence-electron chi connectivity index (χ0n) is 8.69. The fourth-order valence-corrected chi connectivity index (χ4v) is 2.63. The van der Waals surface area contributed by atoms with Crippen molar-refractivity contribution in [3.8, 4) is 0 Å². The number of hydrogen-bond donors (Lipinski definition) is 1. The van der Waals surface area contributed by atoms with Gasteiger partial charge >= 0.3 is 0 Å². The number of likely N-dealkylation sites (tertiary alicyclic amines) is 1. The Kier molecular flexibility index (Phi) is 3.38. The number of nitrogens with two attached hydrogens (primary N) is 1. The fourth-order valence-electron chi connectivity index (χ4n) is 1.93. The molecule has 1 saturated heterocycles. The molecule has 1 aromatic rings. The SMILES string of the molecule is NCC1CC(=O)N(CCc2ccsc2)C1. The molecule has 15 heavy (non-hydrogen) atoms. The summed E-state index contributed by atoms with van der Waals surface area (Å²) in [7, 11) is 0. The third-order valence-electron chi connectivity index (χ3n) is 2.88. The number of carbonyl (C=O) groups excluding carboxylic acids is 1. The minimum absolute atomic E-state index is 0.265. The minimum Gasteiger partial charge on any atom is -0.342 e. The van der Waals surface area contributed by atoms with Gasteiger partial charge in [0.1, 0.15) is 0 Å². The molecule has 1 atom stereocenters. The van der Waals surface area contributed by atoms with Crippen LogP contribution >= 0.6 is 11.3 Å². The molecule has 0 aromatic carbocycles. The molecule has 1 aliphatic rings. The summed E-state index contributed by atoms with van der Waals surface area (Å²) in [6.07, 6.45) is 1.60. The van der Waals surface area contributed by atoms with Gasteiger partial charge in [-0.05, 0) is 41.3 Å². The van der Waals surface area contributed by atoms with E-state index in [0.717, 1.165) is 19.5 Å². The Morgan fingerprint density at radius 1 is 1.60 bits per heavy atom. The molecule has 0 radical (unpaired) electrons. The van der Waals surface area contributed by atoms with E-state index in [0.29, 0.717) is 18.9 Å². The quantitative estimate of drug-likeness (QED) is 0.832. The van der Waals surface area contributed by atoms with Gasteiger partial charge in [-0.2, -0.15) is 11.3 Å². The number of nitrogens with zero attached hydrogens (tertiary/aromatic N) is 1. The van der Waals surface area contributed by atoms with Crippen LogP contribution in [-0.2, 0) is 11.2 Å². The van der Waals surface area contributed by atoms with Crippen molar-refractivity contribution < 1.29 is 4.79 Å². The summed E-state index contributed by atoms with van der Waals surface area (Å²) in [5.74, 6) is 0.639. The van der Waals surface area contributed by atoms with Crippen molar-refractivity contribution in [2.45, 2.75) is 12.8 Å². The molecular weight excluding hydrogens is 208 g/mol. The molecule has 0 saturated carbocycles. The first-order valence-electron chi connectivity index (χ1n) is 5.28. The molecule has 0 spiro atoms. The normalized spacial score (nSPS) is 21.3. The van der Waals surface area contributed by atoms with Gasteiger partial charge in [0, 0.05) is 19.5 Å². The van der Waals surface area contributed by atoms with Gasteiger partial charge in [0.25, 0.3) is 0 Å². The minimum atomic E-state index is 0.265. The van der Waals surface area contributed by atoms with Crippen LogP contribution in [0.1, 0.15) is 12.0 Å². The van der Waals surface area contributed by atoms with Crippen molar-refractivity contribution >= 4 is 17.2 Å². The summed E-state index contributed by atoms with van der Waals surface area (Å²) in [6, 6.07) is 2.12. The number of carbonyl (C=O) groups is 1. The van der Waals surface area contributed by atoms with E-state index >= 15 is 0 Å². The lowest BCUT2D eigenvalue weighted by Crippen LogP contribution is -2.28. The zero-order valence-corrected chi connectivity index (χ0v) is 9.50. The van der Waals surface area contributed by atoms with Crippen molar-refractivity contribution in [3.05, 3.63) is 22.4 Å². The first-order chi connectivity index (χ1) is 7.29. The van der Waals surface area contributed by atoms with E-state index in [1.165, 1.54) is 5.56 Å². The van der Waals surface area contributed by atoms with Gasteiger partial charge in [-0.3, -0.25) is 4.79 Å². The lowest BCUT2D eigenvalue weighted by atomic mass is 10.1. The third kappa shape index (κ3) is 2.58. The Morgan fingerprint density at radius 3 is 3.07 bits per heavy atom. The monoisotopic (exact) mass is 224 g/mol. The largest absolute Gasteiger partial charge is 0.342 e. The first-order valence-corrected chi connectivity index (χ1v) is 6.23. The van der Waals surface area contributed by atoms with Gasteiger partial charge in [0.05, 0.1) is 0 Å². The van der Waals surface area contributed by atoms with Crippen LogP contribution in [0.25, 0.3) is 0 Å². The third-order valence-corrected chi connectivity index (χ3v) is 3.61. The van der Waals surface area contributed by atoms with Crippen molar-refractivity contribution in [2.75, 3.05) is 19.6 Å². The van der Waals surface area contributed by atoms with Gasteiger partial charge in [-0.25, -0.2) is 0 Å². The highest BCUT2D eigenvalue weighted by atomic mass is 32.1. The second-order valence-corrected chi connectivity index (χ2v) is 4.81. The molecule has 1 amide bonds. The van der Waals surface area contributed by atoms with Gasteiger partial charge < -0.3 is 10.6 Å². The Morgan fingerprint density at radius 2 is 2.47 bits per heavy atom. The van der Waals surface area contributed by atoms with Crippen LogP contribution in [0.3, 0.4) is 0 Å². The first kappa shape index (κ1) is 10.6. The molecule has 1 aromatic heterocycles. The Labute approximate surface area is 93.9 Å². The maximum atomic E-state index is 11.6. The van der Waals surface area contributed by atoms with Gasteiger partial charge in [-0.15, -0.1) is 0 Å². The Bertz CT molecular complexity index is 323. The highest BCUT2D eigenvalue weighted by Gasteiger charge is 2.27. The molecule has 4 heteroatoms. The van der Waals surface area contributed by atoms with Crippen molar-refractivity contribution in [3.63, 3.8) is 0 Å². The Balaban J connectivity index is 1.83. The van der Waals surface area contributed by atoms with Crippen LogP contribution in [-0.4, -0.2) is 30.4 Å². The summed E-state index contributed by atoms with van der Waals surface area (Å²) in [4.78, 5) is 13.5. The average Bonchev–Trinajstić information content (AvgIpc) is 2.84. The molecule has 2 heterocycles. The maximum absolute atomic E-state index is 11.6. The maximum Gasteiger partial charge on any atom is 0.222 e.